The topological polar surface area (TPSA) is 55.1 Å². The van der Waals surface area contributed by atoms with E-state index in [1.54, 1.807) is 0 Å². The Hall–Kier alpha value is -1.56. The Balaban J connectivity index is 2.40. The van der Waals surface area contributed by atoms with Gasteiger partial charge in [0.2, 0.25) is 5.91 Å². The Bertz CT molecular complexity index is 442. The molecule has 3 nitrogen and oxygen atoms in total. The van der Waals surface area contributed by atoms with Crippen LogP contribution in [0.4, 0.5) is 13.2 Å². The number of carbonyl (C=O) groups is 1. The van der Waals surface area contributed by atoms with Crippen molar-refractivity contribution in [2.24, 2.45) is 5.73 Å². The van der Waals surface area contributed by atoms with Crippen molar-refractivity contribution in [1.29, 1.82) is 0 Å². The molecule has 86 valence electrons. The molecule has 1 aromatic rings. The number of amides is 1. The van der Waals surface area contributed by atoms with Crippen LogP contribution in [0.1, 0.15) is 27.5 Å². The van der Waals surface area contributed by atoms with Crippen LogP contribution in [0.2, 0.25) is 0 Å². The summed E-state index contributed by atoms with van der Waals surface area (Å²) in [6, 6.07) is 2.36. The normalized spacial score (nSPS) is 19.6. The van der Waals surface area contributed by atoms with E-state index in [0.29, 0.717) is 5.56 Å². The second-order valence-electron chi connectivity index (χ2n) is 3.63. The molecule has 16 heavy (non-hydrogen) atoms. The van der Waals surface area contributed by atoms with Crippen LogP contribution in [-0.4, -0.2) is 12.1 Å². The molecule has 2 rings (SSSR count). The van der Waals surface area contributed by atoms with E-state index in [1.807, 2.05) is 0 Å². The molecule has 1 aliphatic heterocycles. The predicted octanol–water partition coefficient (Wildman–Crippen LogP) is 1.49. The fraction of sp³-hybridized carbons (Fsp3) is 0.300. The zero-order valence-electron chi connectivity index (χ0n) is 8.14. The number of hydrogen-bond acceptors (Lipinski definition) is 2. The Kier molecular flexibility index (Phi) is 2.38. The smallest absolute Gasteiger partial charge is 0.366 e. The van der Waals surface area contributed by atoms with E-state index in [2.05, 4.69) is 5.32 Å². The van der Waals surface area contributed by atoms with E-state index in [9.17, 15) is 18.0 Å². The van der Waals surface area contributed by atoms with Crippen molar-refractivity contribution in [3.63, 3.8) is 0 Å². The summed E-state index contributed by atoms with van der Waals surface area (Å²) in [6.07, 6.45) is -4.32. The van der Waals surface area contributed by atoms with E-state index < -0.39 is 18.1 Å². The number of nitrogens with one attached hydrogen (secondary N) is 1. The summed E-state index contributed by atoms with van der Waals surface area (Å²) in [7, 11) is 0. The number of hydrogen-bond donors (Lipinski definition) is 2. The molecule has 3 N–H and O–H groups in total. The van der Waals surface area contributed by atoms with Gasteiger partial charge in [0.15, 0.2) is 0 Å². The van der Waals surface area contributed by atoms with E-state index in [4.69, 9.17) is 5.73 Å². The van der Waals surface area contributed by atoms with Gasteiger partial charge in [0.05, 0.1) is 0 Å². The fourth-order valence-corrected chi connectivity index (χ4v) is 1.81. The highest BCUT2D eigenvalue weighted by Crippen LogP contribution is 2.38. The van der Waals surface area contributed by atoms with Gasteiger partial charge in [-0.3, -0.25) is 10.1 Å². The summed E-state index contributed by atoms with van der Waals surface area (Å²) in [5.74, 6) is -0.641. The first kappa shape index (κ1) is 10.9. The molecule has 1 atom stereocenters. The number of rotatable bonds is 1. The summed E-state index contributed by atoms with van der Waals surface area (Å²) in [5.41, 5.74) is 5.91. The molecule has 0 bridgehead atoms. The molecule has 0 fully saturated rings. The third kappa shape index (κ3) is 1.76. The first-order valence-corrected chi connectivity index (χ1v) is 4.62. The first-order chi connectivity index (χ1) is 7.39. The second kappa shape index (κ2) is 3.48. The predicted molar refractivity (Wildman–Crippen MR) is 50.6 cm³/mol. The SMILES string of the molecule is NC(=O)c1ccc2c(c1)CNC2C(F)(F)F. The maximum atomic E-state index is 12.5. The molecule has 0 radical (unpaired) electrons. The molecule has 1 aromatic carbocycles. The molecule has 0 aromatic heterocycles. The van der Waals surface area contributed by atoms with Gasteiger partial charge in [-0.25, -0.2) is 0 Å². The van der Waals surface area contributed by atoms with Crippen LogP contribution in [0.25, 0.3) is 0 Å². The van der Waals surface area contributed by atoms with E-state index in [0.717, 1.165) is 0 Å². The van der Waals surface area contributed by atoms with Crippen LogP contribution in [0, 0.1) is 0 Å². The number of halogens is 3. The minimum Gasteiger partial charge on any atom is -0.366 e. The lowest BCUT2D eigenvalue weighted by Gasteiger charge is -2.15. The number of nitrogens with two attached hydrogens (primary N) is 1. The third-order valence-corrected chi connectivity index (χ3v) is 2.56. The average molecular weight is 230 g/mol. The van der Waals surface area contributed by atoms with Crippen molar-refractivity contribution >= 4 is 5.91 Å². The third-order valence-electron chi connectivity index (χ3n) is 2.56. The summed E-state index contributed by atoms with van der Waals surface area (Å²) in [5, 5.41) is 2.35. The van der Waals surface area contributed by atoms with Crippen LogP contribution < -0.4 is 11.1 Å². The average Bonchev–Trinajstić information content (AvgIpc) is 2.58. The first-order valence-electron chi connectivity index (χ1n) is 4.62. The standard InChI is InChI=1S/C10H9F3N2O/c11-10(12,13)8-7-2-1-5(9(14)16)3-6(7)4-15-8/h1-3,8,15H,4H2,(H2,14,16). The highest BCUT2D eigenvalue weighted by Gasteiger charge is 2.44. The highest BCUT2D eigenvalue weighted by atomic mass is 19.4. The van der Waals surface area contributed by atoms with Gasteiger partial charge >= 0.3 is 6.18 Å². The molecule has 1 unspecified atom stereocenters. The molecular formula is C10H9F3N2O. The summed E-state index contributed by atoms with van der Waals surface area (Å²) >= 11 is 0. The van der Waals surface area contributed by atoms with Gasteiger partial charge in [-0.1, -0.05) is 6.07 Å². The van der Waals surface area contributed by atoms with E-state index in [-0.39, 0.29) is 17.7 Å². The molecule has 0 spiro atoms. The number of primary amides is 1. The minimum atomic E-state index is -4.32. The van der Waals surface area contributed by atoms with E-state index in [1.165, 1.54) is 18.2 Å². The Labute approximate surface area is 89.4 Å². The van der Waals surface area contributed by atoms with Crippen molar-refractivity contribution in [1.82, 2.24) is 5.32 Å². The maximum Gasteiger partial charge on any atom is 0.407 e. The lowest BCUT2D eigenvalue weighted by Crippen LogP contribution is -2.28. The molecule has 1 amide bonds. The van der Waals surface area contributed by atoms with E-state index >= 15 is 0 Å². The van der Waals surface area contributed by atoms with Gasteiger partial charge in [0.25, 0.3) is 0 Å². The fourth-order valence-electron chi connectivity index (χ4n) is 1.81. The number of fused-ring (bicyclic) bond motifs is 1. The zero-order valence-corrected chi connectivity index (χ0v) is 8.14. The Morgan fingerprint density at radius 3 is 2.69 bits per heavy atom. The molecule has 1 heterocycles. The molecule has 0 aliphatic carbocycles. The number of benzene rings is 1. The monoisotopic (exact) mass is 230 g/mol. The Morgan fingerprint density at radius 1 is 1.44 bits per heavy atom. The van der Waals surface area contributed by atoms with Gasteiger partial charge in [0.1, 0.15) is 6.04 Å². The zero-order chi connectivity index (χ0) is 11.9. The second-order valence-corrected chi connectivity index (χ2v) is 3.63. The van der Waals surface area contributed by atoms with Crippen molar-refractivity contribution in [3.8, 4) is 0 Å². The molecule has 6 heteroatoms. The van der Waals surface area contributed by atoms with Crippen LogP contribution in [0.5, 0.6) is 0 Å². The molecule has 0 saturated carbocycles. The van der Waals surface area contributed by atoms with Gasteiger partial charge in [0, 0.05) is 12.1 Å². The lowest BCUT2D eigenvalue weighted by molar-refractivity contribution is -0.155. The van der Waals surface area contributed by atoms with Crippen LogP contribution >= 0.6 is 0 Å². The van der Waals surface area contributed by atoms with Gasteiger partial charge < -0.3 is 5.73 Å². The van der Waals surface area contributed by atoms with Gasteiger partial charge in [-0.2, -0.15) is 13.2 Å². The van der Waals surface area contributed by atoms with Crippen molar-refractivity contribution in [2.75, 3.05) is 0 Å². The quantitative estimate of drug-likeness (QED) is 0.768. The van der Waals surface area contributed by atoms with Gasteiger partial charge in [-0.05, 0) is 23.3 Å². The molecular weight excluding hydrogens is 221 g/mol. The lowest BCUT2D eigenvalue weighted by atomic mass is 10.0. The summed E-state index contributed by atoms with van der Waals surface area (Å²) in [4.78, 5) is 10.9. The highest BCUT2D eigenvalue weighted by molar-refractivity contribution is 5.93. The molecule has 1 aliphatic rings. The van der Waals surface area contributed by atoms with Gasteiger partial charge in [-0.15, -0.1) is 0 Å². The Morgan fingerprint density at radius 2 is 2.12 bits per heavy atom. The van der Waals surface area contributed by atoms with Crippen molar-refractivity contribution < 1.29 is 18.0 Å². The maximum absolute atomic E-state index is 12.5. The molecule has 0 saturated heterocycles. The number of alkyl halides is 3. The van der Waals surface area contributed by atoms with Crippen LogP contribution in [-0.2, 0) is 6.54 Å². The number of carbonyl (C=O) groups excluding carboxylic acids is 1. The van der Waals surface area contributed by atoms with Crippen LogP contribution in [0.3, 0.4) is 0 Å². The van der Waals surface area contributed by atoms with Crippen molar-refractivity contribution in [2.45, 2.75) is 18.8 Å². The largest absolute Gasteiger partial charge is 0.407 e. The van der Waals surface area contributed by atoms with Crippen molar-refractivity contribution in [3.05, 3.63) is 34.9 Å². The summed E-state index contributed by atoms with van der Waals surface area (Å²) in [6.45, 7) is 0.0978. The summed E-state index contributed by atoms with van der Waals surface area (Å²) < 4.78 is 37.6. The van der Waals surface area contributed by atoms with Crippen LogP contribution in [0.15, 0.2) is 18.2 Å². The minimum absolute atomic E-state index is 0.0978.